The van der Waals surface area contributed by atoms with Crippen molar-refractivity contribution < 1.29 is 0 Å². The van der Waals surface area contributed by atoms with Crippen LogP contribution in [0, 0.1) is 6.92 Å². The van der Waals surface area contributed by atoms with E-state index >= 15 is 0 Å². The fourth-order valence-corrected chi connectivity index (χ4v) is 1.65. The van der Waals surface area contributed by atoms with Gasteiger partial charge < -0.3 is 0 Å². The largest absolute Gasteiger partial charge is 0.278 e. The van der Waals surface area contributed by atoms with Crippen molar-refractivity contribution in [3.63, 3.8) is 0 Å². The van der Waals surface area contributed by atoms with Crippen LogP contribution in [-0.4, -0.2) is 10.2 Å². The van der Waals surface area contributed by atoms with Crippen LogP contribution in [0.15, 0.2) is 36.5 Å². The first kappa shape index (κ1) is 9.71. The predicted molar refractivity (Wildman–Crippen MR) is 63.5 cm³/mol. The summed E-state index contributed by atoms with van der Waals surface area (Å²) in [7, 11) is 0. The molecule has 0 amide bonds. The maximum absolute atomic E-state index is 3.97. The van der Waals surface area contributed by atoms with Crippen LogP contribution in [0.5, 0.6) is 0 Å². The minimum absolute atomic E-state index is 1.06. The Labute approximate surface area is 89.7 Å². The Morgan fingerprint density at radius 3 is 2.80 bits per heavy atom. The van der Waals surface area contributed by atoms with Gasteiger partial charge >= 0.3 is 0 Å². The summed E-state index contributed by atoms with van der Waals surface area (Å²) >= 11 is 0. The van der Waals surface area contributed by atoms with Gasteiger partial charge in [-0.05, 0) is 25.5 Å². The van der Waals surface area contributed by atoms with E-state index in [9.17, 15) is 0 Å². The maximum atomic E-state index is 3.97. The monoisotopic (exact) mass is 198 g/mol. The second-order valence-electron chi connectivity index (χ2n) is 3.56. The molecular formula is C13H14N2. The zero-order valence-corrected chi connectivity index (χ0v) is 8.99. The molecule has 15 heavy (non-hydrogen) atoms. The van der Waals surface area contributed by atoms with Crippen LogP contribution >= 0.6 is 0 Å². The molecule has 0 saturated carbocycles. The van der Waals surface area contributed by atoms with Crippen LogP contribution in [-0.2, 0) is 0 Å². The van der Waals surface area contributed by atoms with E-state index in [0.29, 0.717) is 0 Å². The lowest BCUT2D eigenvalue weighted by molar-refractivity contribution is 1.09. The molecule has 0 radical (unpaired) electrons. The van der Waals surface area contributed by atoms with Crippen LogP contribution in [0.25, 0.3) is 17.3 Å². The van der Waals surface area contributed by atoms with Gasteiger partial charge in [-0.25, -0.2) is 0 Å². The van der Waals surface area contributed by atoms with Crippen molar-refractivity contribution >= 4 is 6.08 Å². The number of aryl methyl sites for hydroxylation is 1. The number of allylic oxidation sites excluding steroid dienone is 1. The normalized spacial score (nSPS) is 11.1. The molecule has 0 aliphatic rings. The highest BCUT2D eigenvalue weighted by Gasteiger charge is 2.03. The zero-order chi connectivity index (χ0) is 10.7. The van der Waals surface area contributed by atoms with E-state index in [0.717, 1.165) is 5.69 Å². The lowest BCUT2D eigenvalue weighted by Crippen LogP contribution is -1.85. The summed E-state index contributed by atoms with van der Waals surface area (Å²) in [4.78, 5) is 0. The van der Waals surface area contributed by atoms with Crippen molar-refractivity contribution in [3.05, 3.63) is 47.7 Å². The highest BCUT2D eigenvalue weighted by atomic mass is 15.1. The van der Waals surface area contributed by atoms with Crippen molar-refractivity contribution in [1.29, 1.82) is 0 Å². The highest BCUT2D eigenvalue weighted by Crippen LogP contribution is 2.23. The Kier molecular flexibility index (Phi) is 2.68. The summed E-state index contributed by atoms with van der Waals surface area (Å²) in [5.74, 6) is 0. The summed E-state index contributed by atoms with van der Waals surface area (Å²) in [6.45, 7) is 4.13. The van der Waals surface area contributed by atoms with E-state index in [2.05, 4.69) is 47.5 Å². The predicted octanol–water partition coefficient (Wildman–Crippen LogP) is 3.42. The third kappa shape index (κ3) is 1.99. The smallest absolute Gasteiger partial charge is 0.0656 e. The second kappa shape index (κ2) is 4.13. The van der Waals surface area contributed by atoms with Gasteiger partial charge in [0.05, 0.1) is 5.69 Å². The van der Waals surface area contributed by atoms with Crippen molar-refractivity contribution in [2.45, 2.75) is 13.8 Å². The van der Waals surface area contributed by atoms with Crippen molar-refractivity contribution in [2.75, 3.05) is 0 Å². The number of hydrogen-bond acceptors (Lipinski definition) is 1. The molecule has 1 aromatic carbocycles. The fourth-order valence-electron chi connectivity index (χ4n) is 1.65. The Bertz CT molecular complexity index is 467. The number of H-pyrrole nitrogens is 1. The van der Waals surface area contributed by atoms with Crippen molar-refractivity contribution in [3.8, 4) is 11.3 Å². The van der Waals surface area contributed by atoms with Gasteiger partial charge in [0.2, 0.25) is 0 Å². The molecule has 0 aliphatic heterocycles. The average Bonchev–Trinajstić information content (AvgIpc) is 2.71. The molecule has 76 valence electrons. The third-order valence-electron chi connectivity index (χ3n) is 2.34. The molecule has 0 saturated heterocycles. The summed E-state index contributed by atoms with van der Waals surface area (Å²) in [5.41, 5.74) is 4.74. The molecule has 1 aromatic heterocycles. The van der Waals surface area contributed by atoms with E-state index in [4.69, 9.17) is 0 Å². The SMILES string of the molecule is CC=Cc1cc(C)ccc1-c1ccn[nH]1. The summed E-state index contributed by atoms with van der Waals surface area (Å²) < 4.78 is 0. The topological polar surface area (TPSA) is 28.7 Å². The fraction of sp³-hybridized carbons (Fsp3) is 0.154. The lowest BCUT2D eigenvalue weighted by Gasteiger charge is -2.04. The van der Waals surface area contributed by atoms with E-state index in [1.54, 1.807) is 6.20 Å². The first-order chi connectivity index (χ1) is 7.31. The minimum Gasteiger partial charge on any atom is -0.278 e. The molecule has 0 fully saturated rings. The van der Waals surface area contributed by atoms with Gasteiger partial charge in [-0.3, -0.25) is 5.10 Å². The summed E-state index contributed by atoms with van der Waals surface area (Å²) in [5, 5.41) is 6.96. The molecule has 0 spiro atoms. The number of benzene rings is 1. The second-order valence-corrected chi connectivity index (χ2v) is 3.56. The molecule has 2 heteroatoms. The van der Waals surface area contributed by atoms with E-state index < -0.39 is 0 Å². The van der Waals surface area contributed by atoms with Crippen LogP contribution in [0.3, 0.4) is 0 Å². The molecule has 0 bridgehead atoms. The number of nitrogens with zero attached hydrogens (tertiary/aromatic N) is 1. The zero-order valence-electron chi connectivity index (χ0n) is 8.99. The molecule has 2 nitrogen and oxygen atoms in total. The van der Waals surface area contributed by atoms with Gasteiger partial charge in [0.15, 0.2) is 0 Å². The maximum Gasteiger partial charge on any atom is 0.0656 e. The Balaban J connectivity index is 2.56. The summed E-state index contributed by atoms with van der Waals surface area (Å²) in [6.07, 6.45) is 5.94. The Morgan fingerprint density at radius 2 is 2.13 bits per heavy atom. The first-order valence-electron chi connectivity index (χ1n) is 5.04. The summed E-state index contributed by atoms with van der Waals surface area (Å²) in [6, 6.07) is 8.40. The third-order valence-corrected chi connectivity index (χ3v) is 2.34. The molecule has 0 atom stereocenters. The van der Waals surface area contributed by atoms with Crippen molar-refractivity contribution in [1.82, 2.24) is 10.2 Å². The van der Waals surface area contributed by atoms with E-state index in [1.807, 2.05) is 13.0 Å². The highest BCUT2D eigenvalue weighted by molar-refractivity contribution is 5.73. The van der Waals surface area contributed by atoms with Gasteiger partial charge in [0.25, 0.3) is 0 Å². The number of rotatable bonds is 2. The standard InChI is InChI=1S/C13H14N2/c1-3-4-11-9-10(2)5-6-12(11)13-7-8-14-15-13/h3-9H,1-2H3,(H,14,15). The number of nitrogens with one attached hydrogen (secondary N) is 1. The van der Waals surface area contributed by atoms with Gasteiger partial charge in [-0.2, -0.15) is 5.10 Å². The van der Waals surface area contributed by atoms with Gasteiger partial charge in [-0.15, -0.1) is 0 Å². The number of aromatic nitrogens is 2. The number of aromatic amines is 1. The van der Waals surface area contributed by atoms with Crippen LogP contribution in [0.1, 0.15) is 18.1 Å². The Morgan fingerprint density at radius 1 is 1.27 bits per heavy atom. The minimum atomic E-state index is 1.06. The number of hydrogen-bond donors (Lipinski definition) is 1. The van der Waals surface area contributed by atoms with E-state index in [-0.39, 0.29) is 0 Å². The molecule has 1 N–H and O–H groups in total. The quantitative estimate of drug-likeness (QED) is 0.787. The molecule has 0 aliphatic carbocycles. The van der Waals surface area contributed by atoms with Crippen LogP contribution in [0.2, 0.25) is 0 Å². The molecule has 2 aromatic rings. The average molecular weight is 198 g/mol. The van der Waals surface area contributed by atoms with E-state index in [1.165, 1.54) is 16.7 Å². The molecular weight excluding hydrogens is 184 g/mol. The van der Waals surface area contributed by atoms with Crippen LogP contribution < -0.4 is 0 Å². The van der Waals surface area contributed by atoms with Crippen LogP contribution in [0.4, 0.5) is 0 Å². The molecule has 1 heterocycles. The van der Waals surface area contributed by atoms with Gasteiger partial charge in [0, 0.05) is 11.8 Å². The first-order valence-corrected chi connectivity index (χ1v) is 5.04. The van der Waals surface area contributed by atoms with Gasteiger partial charge in [0.1, 0.15) is 0 Å². The van der Waals surface area contributed by atoms with Gasteiger partial charge in [-0.1, -0.05) is 35.9 Å². The molecule has 2 rings (SSSR count). The Hall–Kier alpha value is -1.83. The lowest BCUT2D eigenvalue weighted by atomic mass is 10.0. The van der Waals surface area contributed by atoms with Crippen molar-refractivity contribution in [2.24, 2.45) is 0 Å². The molecule has 0 unspecified atom stereocenters.